The quantitative estimate of drug-likeness (QED) is 0.895. The zero-order valence-corrected chi connectivity index (χ0v) is 12.6. The van der Waals surface area contributed by atoms with Crippen LogP contribution in [0.2, 0.25) is 0 Å². The lowest BCUT2D eigenvalue weighted by molar-refractivity contribution is 0.248. The van der Waals surface area contributed by atoms with E-state index in [1.807, 2.05) is 0 Å². The highest BCUT2D eigenvalue weighted by molar-refractivity contribution is 5.55. The van der Waals surface area contributed by atoms with Crippen molar-refractivity contribution in [3.8, 4) is 0 Å². The van der Waals surface area contributed by atoms with Gasteiger partial charge >= 0.3 is 0 Å². The molecule has 3 heteroatoms. The summed E-state index contributed by atoms with van der Waals surface area (Å²) in [4.78, 5) is 5.16. The zero-order valence-electron chi connectivity index (χ0n) is 12.6. The van der Waals surface area contributed by atoms with E-state index in [4.69, 9.17) is 5.73 Å². The Kier molecular flexibility index (Phi) is 4.27. The highest BCUT2D eigenvalue weighted by Crippen LogP contribution is 2.31. The molecule has 0 unspecified atom stereocenters. The lowest BCUT2D eigenvalue weighted by atomic mass is 10.0. The molecule has 0 spiro atoms. The summed E-state index contributed by atoms with van der Waals surface area (Å²) in [6.07, 6.45) is 3.90. The Bertz CT molecular complexity index is 434. The van der Waals surface area contributed by atoms with Crippen LogP contribution in [0.1, 0.15) is 37.8 Å². The van der Waals surface area contributed by atoms with E-state index in [9.17, 15) is 0 Å². The van der Waals surface area contributed by atoms with Gasteiger partial charge in [0, 0.05) is 44.5 Å². The molecular formula is C17H27N3. The van der Waals surface area contributed by atoms with Gasteiger partial charge in [-0.2, -0.15) is 0 Å². The third kappa shape index (κ3) is 3.15. The largest absolute Gasteiger partial charge is 0.369 e. The molecule has 2 aliphatic rings. The molecule has 1 aromatic carbocycles. The first-order valence-electron chi connectivity index (χ1n) is 8.09. The van der Waals surface area contributed by atoms with Crippen molar-refractivity contribution in [2.24, 2.45) is 11.7 Å². The van der Waals surface area contributed by atoms with Crippen molar-refractivity contribution in [2.45, 2.75) is 32.2 Å². The van der Waals surface area contributed by atoms with Crippen LogP contribution in [-0.2, 0) is 0 Å². The van der Waals surface area contributed by atoms with Crippen LogP contribution in [-0.4, -0.2) is 37.6 Å². The molecule has 1 saturated heterocycles. The normalized spacial score (nSPS) is 22.0. The third-order valence-electron chi connectivity index (χ3n) is 4.70. The summed E-state index contributed by atoms with van der Waals surface area (Å²) in [6.45, 7) is 8.16. The first kappa shape index (κ1) is 13.9. The van der Waals surface area contributed by atoms with E-state index in [1.165, 1.54) is 43.7 Å². The lowest BCUT2D eigenvalue weighted by Gasteiger charge is -2.37. The summed E-state index contributed by atoms with van der Waals surface area (Å²) in [6, 6.07) is 8.84. The van der Waals surface area contributed by atoms with Crippen LogP contribution in [0.3, 0.4) is 0 Å². The summed E-state index contributed by atoms with van der Waals surface area (Å²) in [7, 11) is 0. The van der Waals surface area contributed by atoms with Gasteiger partial charge in [0.2, 0.25) is 0 Å². The maximum atomic E-state index is 6.27. The molecule has 0 amide bonds. The Labute approximate surface area is 122 Å². The zero-order chi connectivity index (χ0) is 13.9. The second-order valence-electron chi connectivity index (χ2n) is 6.30. The predicted octanol–water partition coefficient (Wildman–Crippen LogP) is 2.63. The van der Waals surface area contributed by atoms with Gasteiger partial charge in [0.25, 0.3) is 0 Å². The van der Waals surface area contributed by atoms with Crippen molar-refractivity contribution in [1.82, 2.24) is 4.90 Å². The minimum atomic E-state index is 0.163. The fourth-order valence-corrected chi connectivity index (χ4v) is 3.15. The summed E-state index contributed by atoms with van der Waals surface area (Å²) in [5.41, 5.74) is 8.93. The summed E-state index contributed by atoms with van der Waals surface area (Å²) >= 11 is 0. The van der Waals surface area contributed by atoms with Gasteiger partial charge in [-0.3, -0.25) is 4.90 Å². The highest BCUT2D eigenvalue weighted by atomic mass is 15.3. The second kappa shape index (κ2) is 6.15. The number of anilines is 1. The molecule has 2 N–H and O–H groups in total. The van der Waals surface area contributed by atoms with E-state index in [1.54, 1.807) is 0 Å². The molecule has 3 nitrogen and oxygen atoms in total. The smallest absolute Gasteiger partial charge is 0.0415 e. The molecule has 1 saturated carbocycles. The van der Waals surface area contributed by atoms with Crippen LogP contribution in [0, 0.1) is 5.92 Å². The number of benzene rings is 1. The van der Waals surface area contributed by atoms with E-state index in [2.05, 4.69) is 41.0 Å². The van der Waals surface area contributed by atoms with Gasteiger partial charge in [0.05, 0.1) is 0 Å². The van der Waals surface area contributed by atoms with Crippen LogP contribution in [0.4, 0.5) is 5.69 Å². The molecule has 1 aliphatic heterocycles. The molecule has 20 heavy (non-hydrogen) atoms. The predicted molar refractivity (Wildman–Crippen MR) is 85.0 cm³/mol. The van der Waals surface area contributed by atoms with Gasteiger partial charge < -0.3 is 10.6 Å². The molecule has 3 rings (SSSR count). The Morgan fingerprint density at radius 1 is 1.15 bits per heavy atom. The number of rotatable bonds is 5. The fourth-order valence-electron chi connectivity index (χ4n) is 3.15. The van der Waals surface area contributed by atoms with Crippen molar-refractivity contribution < 1.29 is 0 Å². The molecule has 0 radical (unpaired) electrons. The van der Waals surface area contributed by atoms with Gasteiger partial charge in [-0.1, -0.05) is 25.1 Å². The monoisotopic (exact) mass is 273 g/mol. The molecule has 2 fully saturated rings. The van der Waals surface area contributed by atoms with Crippen molar-refractivity contribution >= 4 is 5.69 Å². The van der Waals surface area contributed by atoms with E-state index in [-0.39, 0.29) is 6.04 Å². The number of nitrogens with zero attached hydrogens (tertiary/aromatic N) is 2. The Balaban J connectivity index is 1.64. The first-order valence-corrected chi connectivity index (χ1v) is 8.09. The maximum absolute atomic E-state index is 6.27. The summed E-state index contributed by atoms with van der Waals surface area (Å²) < 4.78 is 0. The number of nitrogens with two attached hydrogens (primary N) is 1. The van der Waals surface area contributed by atoms with Crippen molar-refractivity contribution in [1.29, 1.82) is 0 Å². The van der Waals surface area contributed by atoms with Crippen LogP contribution < -0.4 is 10.6 Å². The van der Waals surface area contributed by atoms with E-state index in [0.29, 0.717) is 0 Å². The highest BCUT2D eigenvalue weighted by Gasteiger charge is 2.27. The molecule has 1 heterocycles. The van der Waals surface area contributed by atoms with E-state index < -0.39 is 0 Å². The lowest BCUT2D eigenvalue weighted by Crippen LogP contribution is -2.47. The standard InChI is InChI=1S/C17H27N3/c1-2-16(18)15-5-3-4-6-17(15)20-11-9-19(10-12-20)13-14-7-8-14/h3-6,14,16H,2,7-13,18H2,1H3/t16-/m0/s1. The fraction of sp³-hybridized carbons (Fsp3) is 0.647. The molecule has 1 aromatic rings. The topological polar surface area (TPSA) is 32.5 Å². The van der Waals surface area contributed by atoms with Crippen molar-refractivity contribution in [3.05, 3.63) is 29.8 Å². The van der Waals surface area contributed by atoms with Crippen LogP contribution in [0.5, 0.6) is 0 Å². The van der Waals surface area contributed by atoms with Gasteiger partial charge in [0.15, 0.2) is 0 Å². The summed E-state index contributed by atoms with van der Waals surface area (Å²) in [5, 5.41) is 0. The molecule has 110 valence electrons. The van der Waals surface area contributed by atoms with Crippen LogP contribution in [0.25, 0.3) is 0 Å². The minimum Gasteiger partial charge on any atom is -0.369 e. The van der Waals surface area contributed by atoms with Gasteiger partial charge in [-0.25, -0.2) is 0 Å². The number of hydrogen-bond donors (Lipinski definition) is 1. The van der Waals surface area contributed by atoms with E-state index in [0.717, 1.165) is 25.4 Å². The van der Waals surface area contributed by atoms with Crippen LogP contribution >= 0.6 is 0 Å². The second-order valence-corrected chi connectivity index (χ2v) is 6.30. The van der Waals surface area contributed by atoms with Gasteiger partial charge in [-0.05, 0) is 36.8 Å². The number of hydrogen-bond acceptors (Lipinski definition) is 3. The SMILES string of the molecule is CC[C@H](N)c1ccccc1N1CCN(CC2CC2)CC1. The maximum Gasteiger partial charge on any atom is 0.0415 e. The number of para-hydroxylation sites is 1. The summed E-state index contributed by atoms with van der Waals surface area (Å²) in [5.74, 6) is 1.00. The van der Waals surface area contributed by atoms with Crippen molar-refractivity contribution in [3.63, 3.8) is 0 Å². The molecule has 0 bridgehead atoms. The Morgan fingerprint density at radius 3 is 2.50 bits per heavy atom. The van der Waals surface area contributed by atoms with Gasteiger partial charge in [0.1, 0.15) is 0 Å². The average molecular weight is 273 g/mol. The average Bonchev–Trinajstić information content (AvgIpc) is 3.31. The van der Waals surface area contributed by atoms with Gasteiger partial charge in [-0.15, -0.1) is 0 Å². The Morgan fingerprint density at radius 2 is 1.85 bits per heavy atom. The first-order chi connectivity index (χ1) is 9.78. The van der Waals surface area contributed by atoms with Crippen LogP contribution in [0.15, 0.2) is 24.3 Å². The third-order valence-corrected chi connectivity index (χ3v) is 4.70. The van der Waals surface area contributed by atoms with Crippen molar-refractivity contribution in [2.75, 3.05) is 37.6 Å². The minimum absolute atomic E-state index is 0.163. The molecule has 1 aliphatic carbocycles. The Hall–Kier alpha value is -1.06. The molecule has 1 atom stereocenters. The molecular weight excluding hydrogens is 246 g/mol. The molecule has 0 aromatic heterocycles. The number of piperazine rings is 1. The van der Waals surface area contributed by atoms with E-state index >= 15 is 0 Å².